The first-order valence-electron chi connectivity index (χ1n) is 9.30. The number of carbonyl (C=O) groups is 1. The lowest BCUT2D eigenvalue weighted by Gasteiger charge is -2.28. The average Bonchev–Trinajstić information content (AvgIpc) is 3.38. The topological polar surface area (TPSA) is 101 Å². The summed E-state index contributed by atoms with van der Waals surface area (Å²) in [6, 6.07) is 6.90. The Balaban J connectivity index is 1.52. The van der Waals surface area contributed by atoms with Gasteiger partial charge in [0.2, 0.25) is 5.91 Å². The number of halogens is 1. The fourth-order valence-corrected chi connectivity index (χ4v) is 4.86. The minimum absolute atomic E-state index is 0.100. The van der Waals surface area contributed by atoms with E-state index in [2.05, 4.69) is 22.5 Å². The van der Waals surface area contributed by atoms with Gasteiger partial charge in [0.25, 0.3) is 0 Å². The maximum absolute atomic E-state index is 12.0. The molecule has 3 aliphatic rings. The monoisotopic (exact) mass is 394 g/mol. The van der Waals surface area contributed by atoms with Crippen molar-refractivity contribution in [3.63, 3.8) is 0 Å². The number of anilines is 1. The van der Waals surface area contributed by atoms with Crippen LogP contribution in [0.1, 0.15) is 17.7 Å². The summed E-state index contributed by atoms with van der Waals surface area (Å²) in [5, 5.41) is 13.7. The Kier molecular flexibility index (Phi) is 3.91. The summed E-state index contributed by atoms with van der Waals surface area (Å²) in [5.74, 6) is 0.0721. The third-order valence-corrected chi connectivity index (χ3v) is 6.23. The molecule has 0 saturated heterocycles. The van der Waals surface area contributed by atoms with Crippen molar-refractivity contribution in [3.05, 3.63) is 58.9 Å². The Morgan fingerprint density at radius 1 is 1.29 bits per heavy atom. The molecule has 1 fully saturated rings. The van der Waals surface area contributed by atoms with Crippen molar-refractivity contribution in [1.29, 1.82) is 0 Å². The van der Waals surface area contributed by atoms with Crippen LogP contribution in [-0.4, -0.2) is 27.8 Å². The van der Waals surface area contributed by atoms with Gasteiger partial charge in [0.1, 0.15) is 11.4 Å². The van der Waals surface area contributed by atoms with Crippen molar-refractivity contribution < 1.29 is 9.90 Å². The van der Waals surface area contributed by atoms with Crippen molar-refractivity contribution in [3.8, 4) is 5.75 Å². The number of amides is 1. The molecular formula is C21H19ClN4O2. The van der Waals surface area contributed by atoms with Crippen molar-refractivity contribution in [1.82, 2.24) is 4.98 Å². The van der Waals surface area contributed by atoms with Gasteiger partial charge in [-0.05, 0) is 30.4 Å². The van der Waals surface area contributed by atoms with Crippen LogP contribution in [0.25, 0.3) is 0 Å². The highest BCUT2D eigenvalue weighted by Crippen LogP contribution is 2.47. The molecule has 7 heteroatoms. The van der Waals surface area contributed by atoms with Crippen LogP contribution in [0.15, 0.2) is 47.6 Å². The number of hydrogen-bond donors (Lipinski definition) is 3. The number of fused-ring (bicyclic) bond motifs is 3. The smallest absolute Gasteiger partial charge is 0.223 e. The molecule has 1 aliphatic heterocycles. The predicted octanol–water partition coefficient (Wildman–Crippen LogP) is 3.21. The van der Waals surface area contributed by atoms with Crippen molar-refractivity contribution in [2.45, 2.75) is 18.9 Å². The minimum Gasteiger partial charge on any atom is -0.508 e. The normalized spacial score (nSPS) is 27.0. The molecule has 4 N–H and O–H groups in total. The number of nitrogens with one attached hydrogen (secondary N) is 1. The first kappa shape index (κ1) is 17.3. The summed E-state index contributed by atoms with van der Waals surface area (Å²) in [7, 11) is 0. The van der Waals surface area contributed by atoms with E-state index in [0.717, 1.165) is 23.4 Å². The molecule has 2 heterocycles. The molecule has 28 heavy (non-hydrogen) atoms. The van der Waals surface area contributed by atoms with Gasteiger partial charge in [0.15, 0.2) is 0 Å². The van der Waals surface area contributed by atoms with Gasteiger partial charge in [-0.1, -0.05) is 35.9 Å². The number of benzene rings is 1. The first-order chi connectivity index (χ1) is 13.5. The highest BCUT2D eigenvalue weighted by atomic mass is 35.5. The largest absolute Gasteiger partial charge is 0.508 e. The van der Waals surface area contributed by atoms with E-state index in [0.29, 0.717) is 22.8 Å². The molecule has 6 nitrogen and oxygen atoms in total. The number of phenolic OH excluding ortho intramolecular Hbond substituents is 1. The van der Waals surface area contributed by atoms with Gasteiger partial charge in [-0.25, -0.2) is 4.99 Å². The number of pyridine rings is 1. The van der Waals surface area contributed by atoms with Gasteiger partial charge in [-0.2, -0.15) is 0 Å². The molecule has 1 amide bonds. The average molecular weight is 395 g/mol. The fourth-order valence-electron chi connectivity index (χ4n) is 4.66. The zero-order valence-electron chi connectivity index (χ0n) is 15.0. The minimum atomic E-state index is -0.292. The second-order valence-corrected chi connectivity index (χ2v) is 8.02. The molecule has 1 aromatic carbocycles. The molecule has 2 bridgehead atoms. The summed E-state index contributed by atoms with van der Waals surface area (Å²) in [6.07, 6.45) is 7.34. The number of nitrogens with two attached hydrogens (primary N) is 1. The number of primary amides is 1. The number of phenols is 1. The van der Waals surface area contributed by atoms with Crippen LogP contribution < -0.4 is 11.1 Å². The lowest BCUT2D eigenvalue weighted by Crippen LogP contribution is -2.41. The summed E-state index contributed by atoms with van der Waals surface area (Å²) in [4.78, 5) is 21.2. The standard InChI is InChI=1S/C21H19ClN4O2/c22-14-9-24-16-8-15(10-2-1-3-13(27)7-10)25-20(16)19(14)26-18-12-5-4-11(6-12)17(18)21(23)28/h1-5,7,9,11-12,17-18,27H,6,8H2,(H2,23,28)(H,24,26)/t11-,12+,17+,18-/m1/s1. The number of hydrogen-bond acceptors (Lipinski definition) is 5. The number of allylic oxidation sites excluding steroid dienone is 1. The van der Waals surface area contributed by atoms with E-state index in [1.807, 2.05) is 6.07 Å². The third kappa shape index (κ3) is 2.67. The van der Waals surface area contributed by atoms with E-state index < -0.39 is 0 Å². The molecule has 142 valence electrons. The van der Waals surface area contributed by atoms with E-state index >= 15 is 0 Å². The lowest BCUT2D eigenvalue weighted by atomic mass is 9.88. The molecule has 2 aromatic rings. The zero-order chi connectivity index (χ0) is 19.4. The van der Waals surface area contributed by atoms with Gasteiger partial charge in [-0.3, -0.25) is 9.78 Å². The molecule has 0 radical (unpaired) electrons. The van der Waals surface area contributed by atoms with E-state index in [-0.39, 0.29) is 35.5 Å². The van der Waals surface area contributed by atoms with E-state index in [9.17, 15) is 9.90 Å². The Bertz CT molecular complexity index is 1050. The molecule has 0 unspecified atom stereocenters. The van der Waals surface area contributed by atoms with Gasteiger partial charge in [0, 0.05) is 24.2 Å². The molecule has 1 aromatic heterocycles. The number of carbonyl (C=O) groups excluding carboxylic acids is 1. The second-order valence-electron chi connectivity index (χ2n) is 7.61. The van der Waals surface area contributed by atoms with Crippen LogP contribution in [0.3, 0.4) is 0 Å². The van der Waals surface area contributed by atoms with Crippen LogP contribution in [0.5, 0.6) is 5.75 Å². The molecule has 0 spiro atoms. The quantitative estimate of drug-likeness (QED) is 0.693. The predicted molar refractivity (Wildman–Crippen MR) is 108 cm³/mol. The fraction of sp³-hybridized carbons (Fsp3) is 0.286. The van der Waals surface area contributed by atoms with Crippen molar-refractivity contribution >= 4 is 34.6 Å². The first-order valence-corrected chi connectivity index (χ1v) is 9.67. The highest BCUT2D eigenvalue weighted by molar-refractivity contribution is 6.34. The maximum atomic E-state index is 12.0. The van der Waals surface area contributed by atoms with Crippen molar-refractivity contribution in [2.24, 2.45) is 28.5 Å². The molecule has 1 saturated carbocycles. The summed E-state index contributed by atoms with van der Waals surface area (Å²) < 4.78 is 0. The van der Waals surface area contributed by atoms with E-state index in [4.69, 9.17) is 22.3 Å². The number of aromatic hydroxyl groups is 1. The molecule has 2 aliphatic carbocycles. The lowest BCUT2D eigenvalue weighted by molar-refractivity contribution is -0.122. The van der Waals surface area contributed by atoms with E-state index in [1.54, 1.807) is 24.4 Å². The molecule has 5 rings (SSSR count). The van der Waals surface area contributed by atoms with Crippen LogP contribution >= 0.6 is 11.6 Å². The van der Waals surface area contributed by atoms with Gasteiger partial charge in [0.05, 0.1) is 28.0 Å². The number of aliphatic imine (C=N–C) groups is 1. The Morgan fingerprint density at radius 3 is 2.89 bits per heavy atom. The summed E-state index contributed by atoms with van der Waals surface area (Å²) in [6.45, 7) is 0. The Labute approximate surface area is 167 Å². The SMILES string of the molecule is NC(=O)[C@@H]1[C@H](Nc2c(Cl)cnc3c2N=C(c2cccc(O)c2)C3)[C@H]2C=C[C@@H]1C2. The molecular weight excluding hydrogens is 376 g/mol. The number of aromatic nitrogens is 1. The second kappa shape index (κ2) is 6.34. The van der Waals surface area contributed by atoms with Crippen LogP contribution in [-0.2, 0) is 11.2 Å². The Morgan fingerprint density at radius 2 is 2.11 bits per heavy atom. The van der Waals surface area contributed by atoms with Gasteiger partial charge < -0.3 is 16.2 Å². The van der Waals surface area contributed by atoms with Crippen LogP contribution in [0.2, 0.25) is 5.02 Å². The summed E-state index contributed by atoms with van der Waals surface area (Å²) >= 11 is 6.47. The van der Waals surface area contributed by atoms with Crippen molar-refractivity contribution in [2.75, 3.05) is 5.32 Å². The van der Waals surface area contributed by atoms with Crippen LogP contribution in [0, 0.1) is 17.8 Å². The third-order valence-electron chi connectivity index (χ3n) is 5.94. The van der Waals surface area contributed by atoms with Gasteiger partial charge in [-0.15, -0.1) is 0 Å². The molecule has 4 atom stereocenters. The van der Waals surface area contributed by atoms with Gasteiger partial charge >= 0.3 is 0 Å². The Hall–Kier alpha value is -2.86. The summed E-state index contributed by atoms with van der Waals surface area (Å²) in [5.41, 5.74) is 9.56. The highest BCUT2D eigenvalue weighted by Gasteiger charge is 2.47. The zero-order valence-corrected chi connectivity index (χ0v) is 15.7. The number of nitrogens with zero attached hydrogens (tertiary/aromatic N) is 2. The van der Waals surface area contributed by atoms with Crippen LogP contribution in [0.4, 0.5) is 11.4 Å². The number of rotatable bonds is 4. The van der Waals surface area contributed by atoms with E-state index in [1.165, 1.54) is 0 Å². The maximum Gasteiger partial charge on any atom is 0.223 e.